The summed E-state index contributed by atoms with van der Waals surface area (Å²) >= 11 is 0. The standard InChI is InChI=1S/C25H29N7O7S2/c1-12(13-3-4-13)31-11-15-7-14(8-19(20(15)25(31)35)40(36,37)41(38,39)27-2)18-5-6-32-23(29-18)21(22(26)30-32)24(34)28-16-9-17(33)10-16/h5-8,12-13,16-17,27,33H,3-4,9-11H2,1-2H3,(H2,26,30)(H,28,34)/t12-,16-,17-/m0/s1. The Balaban J connectivity index is 1.47. The van der Waals surface area contributed by atoms with Crippen molar-refractivity contribution in [2.75, 3.05) is 12.8 Å². The number of nitrogens with zero attached hydrogens (tertiary/aromatic N) is 4. The number of carbonyl (C=O) groups is 2. The smallest absolute Gasteiger partial charge is 0.321 e. The number of fused-ring (bicyclic) bond motifs is 2. The second-order valence-corrected chi connectivity index (χ2v) is 16.1. The largest absolute Gasteiger partial charge is 0.393 e. The first kappa shape index (κ1) is 27.6. The molecule has 2 aliphatic carbocycles. The Labute approximate surface area is 235 Å². The fourth-order valence-corrected chi connectivity index (χ4v) is 8.42. The summed E-state index contributed by atoms with van der Waals surface area (Å²) in [4.78, 5) is 32.0. The third-order valence-corrected chi connectivity index (χ3v) is 12.8. The molecule has 0 spiro atoms. The Morgan fingerprint density at radius 1 is 1.20 bits per heavy atom. The Morgan fingerprint density at radius 2 is 1.90 bits per heavy atom. The van der Waals surface area contributed by atoms with Crippen LogP contribution in [0.2, 0.25) is 0 Å². The highest BCUT2D eigenvalue weighted by molar-refractivity contribution is 8.66. The van der Waals surface area contributed by atoms with E-state index in [1.54, 1.807) is 11.0 Å². The number of aliphatic hydroxyl groups is 1. The van der Waals surface area contributed by atoms with Gasteiger partial charge in [-0.2, -0.15) is 8.42 Å². The van der Waals surface area contributed by atoms with Crippen LogP contribution < -0.4 is 15.8 Å². The van der Waals surface area contributed by atoms with Crippen LogP contribution in [0.3, 0.4) is 0 Å². The van der Waals surface area contributed by atoms with Crippen LogP contribution in [0.4, 0.5) is 5.82 Å². The number of benzene rings is 1. The van der Waals surface area contributed by atoms with Crippen molar-refractivity contribution in [2.24, 2.45) is 5.92 Å². The lowest BCUT2D eigenvalue weighted by Crippen LogP contribution is -2.46. The highest BCUT2D eigenvalue weighted by atomic mass is 33.2. The van der Waals surface area contributed by atoms with Crippen molar-refractivity contribution in [1.82, 2.24) is 29.5 Å². The summed E-state index contributed by atoms with van der Waals surface area (Å²) in [5.74, 6) is -0.827. The van der Waals surface area contributed by atoms with Crippen molar-refractivity contribution in [2.45, 2.75) is 62.2 Å². The molecule has 218 valence electrons. The number of nitrogens with two attached hydrogens (primary N) is 1. The first-order valence-corrected chi connectivity index (χ1v) is 16.6. The van der Waals surface area contributed by atoms with E-state index in [4.69, 9.17) is 5.73 Å². The number of anilines is 1. The first-order valence-electron chi connectivity index (χ1n) is 13.1. The van der Waals surface area contributed by atoms with E-state index in [1.165, 1.54) is 16.8 Å². The molecule has 2 aromatic heterocycles. The van der Waals surface area contributed by atoms with Crippen molar-refractivity contribution < 1.29 is 31.5 Å². The third kappa shape index (κ3) is 4.45. The van der Waals surface area contributed by atoms with Crippen molar-refractivity contribution >= 4 is 41.2 Å². The molecular weight excluding hydrogens is 574 g/mol. The van der Waals surface area contributed by atoms with E-state index in [1.807, 2.05) is 11.6 Å². The summed E-state index contributed by atoms with van der Waals surface area (Å²) < 4.78 is 55.1. The number of aliphatic hydroxyl groups excluding tert-OH is 1. The van der Waals surface area contributed by atoms with Crippen molar-refractivity contribution in [3.8, 4) is 11.3 Å². The number of hydrogen-bond acceptors (Lipinski definition) is 10. The van der Waals surface area contributed by atoms with E-state index >= 15 is 0 Å². The van der Waals surface area contributed by atoms with Crippen LogP contribution in [0.1, 0.15) is 58.9 Å². The quantitative estimate of drug-likeness (QED) is 0.258. The second-order valence-electron chi connectivity index (χ2n) is 10.8. The van der Waals surface area contributed by atoms with Gasteiger partial charge in [-0.3, -0.25) is 9.59 Å². The fourth-order valence-electron chi connectivity index (χ4n) is 5.46. The minimum absolute atomic E-state index is 0.0135. The molecule has 41 heavy (non-hydrogen) atoms. The molecule has 3 aliphatic rings. The molecule has 3 heterocycles. The molecule has 14 nitrogen and oxygen atoms in total. The van der Waals surface area contributed by atoms with E-state index in [-0.39, 0.29) is 52.5 Å². The van der Waals surface area contributed by atoms with Crippen LogP contribution in [-0.2, 0) is 24.5 Å². The molecule has 2 amide bonds. The lowest BCUT2D eigenvalue weighted by molar-refractivity contribution is 0.0563. The monoisotopic (exact) mass is 603 g/mol. The molecule has 1 aromatic carbocycles. The highest BCUT2D eigenvalue weighted by Crippen LogP contribution is 2.41. The van der Waals surface area contributed by atoms with Gasteiger partial charge in [-0.15, -0.1) is 5.10 Å². The van der Waals surface area contributed by atoms with Gasteiger partial charge in [0.1, 0.15) is 5.56 Å². The molecule has 6 rings (SSSR count). The highest BCUT2D eigenvalue weighted by Gasteiger charge is 2.44. The summed E-state index contributed by atoms with van der Waals surface area (Å²) in [6.45, 7) is 2.02. The Kier molecular flexibility index (Phi) is 6.37. The fraction of sp³-hybridized carbons (Fsp3) is 0.440. The Morgan fingerprint density at radius 3 is 2.54 bits per heavy atom. The third-order valence-electron chi connectivity index (χ3n) is 8.09. The summed E-state index contributed by atoms with van der Waals surface area (Å²) in [5.41, 5.74) is 6.79. The second kappa shape index (κ2) is 9.47. The average Bonchev–Trinajstić information content (AvgIpc) is 3.63. The van der Waals surface area contributed by atoms with Crippen LogP contribution in [0, 0.1) is 5.92 Å². The molecule has 0 saturated heterocycles. The number of rotatable bonds is 8. The molecule has 0 radical (unpaired) electrons. The number of amides is 2. The van der Waals surface area contributed by atoms with Gasteiger partial charge in [0, 0.05) is 30.4 Å². The normalized spacial score (nSPS) is 21.5. The minimum atomic E-state index is -5.04. The van der Waals surface area contributed by atoms with Crippen LogP contribution in [0.15, 0.2) is 29.3 Å². The average molecular weight is 604 g/mol. The Bertz CT molecular complexity index is 1830. The molecule has 0 unspecified atom stereocenters. The summed E-state index contributed by atoms with van der Waals surface area (Å²) in [7, 11) is -8.93. The van der Waals surface area contributed by atoms with E-state index < -0.39 is 40.7 Å². The van der Waals surface area contributed by atoms with E-state index in [0.717, 1.165) is 26.0 Å². The lowest BCUT2D eigenvalue weighted by Gasteiger charge is -2.31. The van der Waals surface area contributed by atoms with Gasteiger partial charge < -0.3 is 21.1 Å². The number of aromatic nitrogens is 3. The van der Waals surface area contributed by atoms with E-state index in [0.29, 0.717) is 24.3 Å². The number of carbonyl (C=O) groups excluding carboxylic acids is 2. The zero-order valence-electron chi connectivity index (χ0n) is 22.2. The molecule has 1 atom stereocenters. The van der Waals surface area contributed by atoms with Gasteiger partial charge in [-0.25, -0.2) is 22.6 Å². The maximum atomic E-state index is 13.5. The molecule has 5 N–H and O–H groups in total. The molecule has 0 bridgehead atoms. The van der Waals surface area contributed by atoms with Gasteiger partial charge in [-0.05, 0) is 69.3 Å². The van der Waals surface area contributed by atoms with Gasteiger partial charge in [0.25, 0.3) is 20.7 Å². The molecular formula is C25H29N7O7S2. The Hall–Kier alpha value is -3.60. The SMILES string of the molecule is CNS(=O)(=O)S(=O)(=O)c1cc(-c2ccn3nc(N)c(C(=O)N[C@H]4C[C@H](O)C4)c3n2)cc2c1C(=O)N([C@@H](C)C1CC1)C2. The molecule has 2 saturated carbocycles. The predicted molar refractivity (Wildman–Crippen MR) is 147 cm³/mol. The first-order chi connectivity index (χ1) is 19.3. The van der Waals surface area contributed by atoms with Crippen LogP contribution >= 0.6 is 0 Å². The van der Waals surface area contributed by atoms with Crippen molar-refractivity contribution in [3.05, 3.63) is 41.1 Å². The zero-order chi connectivity index (χ0) is 29.4. The van der Waals surface area contributed by atoms with Gasteiger partial charge in [0.2, 0.25) is 0 Å². The molecule has 3 aromatic rings. The minimum Gasteiger partial charge on any atom is -0.393 e. The van der Waals surface area contributed by atoms with E-state index in [2.05, 4.69) is 15.4 Å². The van der Waals surface area contributed by atoms with Crippen LogP contribution in [0.25, 0.3) is 16.9 Å². The predicted octanol–water partition coefficient (Wildman–Crippen LogP) is 0.224. The molecule has 2 fully saturated rings. The van der Waals surface area contributed by atoms with Crippen LogP contribution in [-0.4, -0.2) is 78.5 Å². The summed E-state index contributed by atoms with van der Waals surface area (Å²) in [5, 5.41) is 16.5. The van der Waals surface area contributed by atoms with Crippen LogP contribution in [0.5, 0.6) is 0 Å². The number of hydrogen-bond donors (Lipinski definition) is 4. The molecule has 16 heteroatoms. The molecule has 1 aliphatic heterocycles. The van der Waals surface area contributed by atoms with Gasteiger partial charge in [0.05, 0.1) is 22.3 Å². The van der Waals surface area contributed by atoms with Gasteiger partial charge in [0.15, 0.2) is 11.5 Å². The lowest BCUT2D eigenvalue weighted by atomic mass is 9.89. The number of nitrogens with one attached hydrogen (secondary N) is 2. The maximum absolute atomic E-state index is 13.5. The topological polar surface area (TPSA) is 206 Å². The van der Waals surface area contributed by atoms with E-state index in [9.17, 15) is 31.5 Å². The van der Waals surface area contributed by atoms with Crippen molar-refractivity contribution in [1.29, 1.82) is 0 Å². The summed E-state index contributed by atoms with van der Waals surface area (Å²) in [6.07, 6.45) is 3.78. The van der Waals surface area contributed by atoms with Gasteiger partial charge >= 0.3 is 9.06 Å². The maximum Gasteiger partial charge on any atom is 0.321 e. The van der Waals surface area contributed by atoms with Crippen molar-refractivity contribution in [3.63, 3.8) is 0 Å². The summed E-state index contributed by atoms with van der Waals surface area (Å²) in [6, 6.07) is 3.91. The zero-order valence-corrected chi connectivity index (χ0v) is 23.9. The van der Waals surface area contributed by atoms with Gasteiger partial charge in [-0.1, -0.05) is 0 Å². The number of nitrogen functional groups attached to an aromatic ring is 1.